The number of rotatable bonds is 5. The Hall–Kier alpha value is -2.11. The molecule has 0 saturated carbocycles. The van der Waals surface area contributed by atoms with Crippen LogP contribution in [0.15, 0.2) is 16.9 Å². The molecule has 0 aromatic carbocycles. The summed E-state index contributed by atoms with van der Waals surface area (Å²) in [6, 6.07) is 0.330. The SMILES string of the molecule is Cc1noc(C)c1CCC(=O)N1CCC[C@@H](n2ccnc2C(C)C)C1. The molecule has 2 aromatic rings. The second-order valence-corrected chi connectivity index (χ2v) is 7.29. The third-order valence-corrected chi connectivity index (χ3v) is 5.13. The Morgan fingerprint density at radius 3 is 2.88 bits per heavy atom. The van der Waals surface area contributed by atoms with E-state index in [9.17, 15) is 4.79 Å². The van der Waals surface area contributed by atoms with E-state index in [1.165, 1.54) is 0 Å². The molecule has 0 spiro atoms. The highest BCUT2D eigenvalue weighted by Gasteiger charge is 2.26. The lowest BCUT2D eigenvalue weighted by Gasteiger charge is -2.34. The van der Waals surface area contributed by atoms with Gasteiger partial charge in [0.05, 0.1) is 11.7 Å². The first-order chi connectivity index (χ1) is 12.0. The van der Waals surface area contributed by atoms with Gasteiger partial charge < -0.3 is 14.0 Å². The lowest BCUT2D eigenvalue weighted by Crippen LogP contribution is -2.41. The fraction of sp³-hybridized carbons (Fsp3) is 0.632. The number of likely N-dealkylation sites (tertiary alicyclic amines) is 1. The highest BCUT2D eigenvalue weighted by atomic mass is 16.5. The Balaban J connectivity index is 1.63. The smallest absolute Gasteiger partial charge is 0.222 e. The zero-order chi connectivity index (χ0) is 18.0. The Morgan fingerprint density at radius 1 is 1.40 bits per heavy atom. The third-order valence-electron chi connectivity index (χ3n) is 5.13. The van der Waals surface area contributed by atoms with Crippen molar-refractivity contribution in [3.8, 4) is 0 Å². The van der Waals surface area contributed by atoms with Gasteiger partial charge in [0.25, 0.3) is 0 Å². The van der Waals surface area contributed by atoms with Gasteiger partial charge in [-0.15, -0.1) is 0 Å². The van der Waals surface area contributed by atoms with Gasteiger partial charge >= 0.3 is 0 Å². The van der Waals surface area contributed by atoms with Crippen molar-refractivity contribution in [2.75, 3.05) is 13.1 Å². The van der Waals surface area contributed by atoms with Gasteiger partial charge in [-0.25, -0.2) is 4.98 Å². The fourth-order valence-corrected chi connectivity index (χ4v) is 3.74. The zero-order valence-corrected chi connectivity index (χ0v) is 15.7. The van der Waals surface area contributed by atoms with Crippen LogP contribution in [0, 0.1) is 13.8 Å². The van der Waals surface area contributed by atoms with Crippen LogP contribution in [0.2, 0.25) is 0 Å². The van der Waals surface area contributed by atoms with Crippen molar-refractivity contribution in [2.24, 2.45) is 0 Å². The summed E-state index contributed by atoms with van der Waals surface area (Å²) in [7, 11) is 0. The maximum atomic E-state index is 12.7. The molecule has 1 atom stereocenters. The van der Waals surface area contributed by atoms with Gasteiger partial charge in [0.2, 0.25) is 5.91 Å². The van der Waals surface area contributed by atoms with Crippen molar-refractivity contribution < 1.29 is 9.32 Å². The van der Waals surface area contributed by atoms with Crippen LogP contribution in [0.1, 0.15) is 67.9 Å². The van der Waals surface area contributed by atoms with Crippen molar-refractivity contribution >= 4 is 5.91 Å². The summed E-state index contributed by atoms with van der Waals surface area (Å²) in [5.74, 6) is 2.54. The zero-order valence-electron chi connectivity index (χ0n) is 15.7. The van der Waals surface area contributed by atoms with Crippen molar-refractivity contribution in [3.63, 3.8) is 0 Å². The standard InChI is InChI=1S/C19H28N4O2/c1-13(2)19-20-9-11-23(19)16-6-5-10-22(12-16)18(24)8-7-17-14(3)21-25-15(17)4/h9,11,13,16H,5-8,10,12H2,1-4H3/t16-/m1/s1. The van der Waals surface area contributed by atoms with Crippen LogP contribution >= 0.6 is 0 Å². The highest BCUT2D eigenvalue weighted by molar-refractivity contribution is 5.76. The molecule has 0 radical (unpaired) electrons. The van der Waals surface area contributed by atoms with Gasteiger partial charge in [-0.05, 0) is 33.1 Å². The molecule has 0 aliphatic carbocycles. The molecule has 3 rings (SSSR count). The van der Waals surface area contributed by atoms with E-state index >= 15 is 0 Å². The van der Waals surface area contributed by atoms with Crippen molar-refractivity contribution in [2.45, 2.75) is 65.3 Å². The largest absolute Gasteiger partial charge is 0.361 e. The monoisotopic (exact) mass is 344 g/mol. The number of carbonyl (C=O) groups is 1. The molecule has 6 heteroatoms. The first-order valence-corrected chi connectivity index (χ1v) is 9.19. The van der Waals surface area contributed by atoms with E-state index in [-0.39, 0.29) is 5.91 Å². The fourth-order valence-electron chi connectivity index (χ4n) is 3.74. The topological polar surface area (TPSA) is 64.2 Å². The highest BCUT2D eigenvalue weighted by Crippen LogP contribution is 2.26. The lowest BCUT2D eigenvalue weighted by atomic mass is 10.0. The normalized spacial score (nSPS) is 18.1. The predicted molar refractivity (Wildman–Crippen MR) is 95.5 cm³/mol. The molecule has 1 aliphatic rings. The van der Waals surface area contributed by atoms with Gasteiger partial charge in [-0.1, -0.05) is 19.0 Å². The predicted octanol–water partition coefficient (Wildman–Crippen LogP) is 3.41. The van der Waals surface area contributed by atoms with Crippen molar-refractivity contribution in [1.29, 1.82) is 0 Å². The van der Waals surface area contributed by atoms with E-state index in [0.717, 1.165) is 48.8 Å². The number of carbonyl (C=O) groups excluding carboxylic acids is 1. The van der Waals surface area contributed by atoms with E-state index in [1.54, 1.807) is 0 Å². The number of aryl methyl sites for hydroxylation is 2. The van der Waals surface area contributed by atoms with Crippen LogP contribution in [-0.4, -0.2) is 38.6 Å². The van der Waals surface area contributed by atoms with Crippen molar-refractivity contribution in [3.05, 3.63) is 35.2 Å². The average molecular weight is 344 g/mol. The van der Waals surface area contributed by atoms with Crippen LogP contribution in [0.25, 0.3) is 0 Å². The Bertz CT molecular complexity index is 712. The van der Waals surface area contributed by atoms with Crippen LogP contribution in [0.4, 0.5) is 0 Å². The summed E-state index contributed by atoms with van der Waals surface area (Å²) in [6.07, 6.45) is 7.27. The molecular weight excluding hydrogens is 316 g/mol. The average Bonchev–Trinajstić information content (AvgIpc) is 3.21. The Labute approximate surface area is 149 Å². The van der Waals surface area contributed by atoms with E-state index < -0.39 is 0 Å². The molecule has 136 valence electrons. The molecule has 0 N–H and O–H groups in total. The first-order valence-electron chi connectivity index (χ1n) is 9.19. The van der Waals surface area contributed by atoms with Crippen LogP contribution in [0.3, 0.4) is 0 Å². The van der Waals surface area contributed by atoms with Crippen molar-refractivity contribution in [1.82, 2.24) is 19.6 Å². The molecule has 1 amide bonds. The minimum absolute atomic E-state index is 0.218. The number of hydrogen-bond donors (Lipinski definition) is 0. The van der Waals surface area contributed by atoms with Crippen LogP contribution in [-0.2, 0) is 11.2 Å². The second-order valence-electron chi connectivity index (χ2n) is 7.29. The minimum atomic E-state index is 0.218. The Kier molecular flexibility index (Phi) is 5.25. The summed E-state index contributed by atoms with van der Waals surface area (Å²) >= 11 is 0. The molecule has 6 nitrogen and oxygen atoms in total. The summed E-state index contributed by atoms with van der Waals surface area (Å²) < 4.78 is 7.45. The van der Waals surface area contributed by atoms with E-state index in [0.29, 0.717) is 24.8 Å². The third kappa shape index (κ3) is 3.78. The number of amides is 1. The number of piperidine rings is 1. The molecule has 2 aromatic heterocycles. The van der Waals surface area contributed by atoms with Gasteiger partial charge in [-0.2, -0.15) is 0 Å². The lowest BCUT2D eigenvalue weighted by molar-refractivity contribution is -0.132. The molecule has 0 unspecified atom stereocenters. The summed E-state index contributed by atoms with van der Waals surface area (Å²) in [5.41, 5.74) is 1.96. The Morgan fingerprint density at radius 2 is 2.20 bits per heavy atom. The molecule has 1 aliphatic heterocycles. The number of hydrogen-bond acceptors (Lipinski definition) is 4. The van der Waals surface area contributed by atoms with Gasteiger partial charge in [-0.3, -0.25) is 4.79 Å². The van der Waals surface area contributed by atoms with Gasteiger partial charge in [0, 0.05) is 43.4 Å². The molecule has 3 heterocycles. The first kappa shape index (κ1) is 17.7. The number of imidazole rings is 1. The number of aromatic nitrogens is 3. The van der Waals surface area contributed by atoms with Crippen LogP contribution in [0.5, 0.6) is 0 Å². The minimum Gasteiger partial charge on any atom is -0.361 e. The molecule has 0 bridgehead atoms. The van der Waals surface area contributed by atoms with Crippen LogP contribution < -0.4 is 0 Å². The molecule has 1 fully saturated rings. The van der Waals surface area contributed by atoms with E-state index in [1.807, 2.05) is 24.9 Å². The maximum absolute atomic E-state index is 12.7. The van der Waals surface area contributed by atoms with Gasteiger partial charge in [0.1, 0.15) is 11.6 Å². The number of nitrogens with zero attached hydrogens (tertiary/aromatic N) is 4. The maximum Gasteiger partial charge on any atom is 0.222 e. The summed E-state index contributed by atoms with van der Waals surface area (Å²) in [6.45, 7) is 9.78. The second kappa shape index (κ2) is 7.42. The molecule has 25 heavy (non-hydrogen) atoms. The van der Waals surface area contributed by atoms with E-state index in [4.69, 9.17) is 4.52 Å². The van der Waals surface area contributed by atoms with Gasteiger partial charge in [0.15, 0.2) is 0 Å². The summed E-state index contributed by atoms with van der Waals surface area (Å²) in [5, 5.41) is 3.97. The molecule has 1 saturated heterocycles. The van der Waals surface area contributed by atoms with E-state index in [2.05, 4.69) is 34.8 Å². The summed E-state index contributed by atoms with van der Waals surface area (Å²) in [4.78, 5) is 19.2. The quantitative estimate of drug-likeness (QED) is 0.834. The molecular formula is C19H28N4O2.